The highest BCUT2D eigenvalue weighted by atomic mass is 16.7. The first-order valence-corrected chi connectivity index (χ1v) is 26.3. The molecule has 67 heavy (non-hydrogen) atoms. The number of aliphatic hydroxyl groups excluding tert-OH is 2. The number of esters is 3. The van der Waals surface area contributed by atoms with E-state index in [1.807, 2.05) is 18.2 Å². The third kappa shape index (κ3) is 34.4. The molecule has 1 fully saturated rings. The number of carboxylic acids is 1. The number of hydrogen-bond acceptors (Lipinski definition) is 11. The van der Waals surface area contributed by atoms with Crippen molar-refractivity contribution in [3.05, 3.63) is 60.8 Å². The molecule has 12 heteroatoms. The number of carbonyl (C=O) groups is 4. The Kier molecular flexibility index (Phi) is 40.1. The van der Waals surface area contributed by atoms with Gasteiger partial charge in [0, 0.05) is 19.3 Å². The van der Waals surface area contributed by atoms with E-state index in [0.717, 1.165) is 77.0 Å². The first kappa shape index (κ1) is 61.4. The number of aliphatic hydroxyl groups is 2. The zero-order chi connectivity index (χ0) is 49.0. The fourth-order valence-electron chi connectivity index (χ4n) is 7.54. The molecule has 0 bridgehead atoms. The Balaban J connectivity index is 2.77. The van der Waals surface area contributed by atoms with Gasteiger partial charge in [-0.3, -0.25) is 14.4 Å². The van der Waals surface area contributed by atoms with E-state index in [1.165, 1.54) is 70.6 Å². The van der Waals surface area contributed by atoms with Crippen LogP contribution in [-0.4, -0.2) is 89.2 Å². The fraction of sp³-hybridized carbons (Fsp3) is 0.745. The largest absolute Gasteiger partial charge is 0.479 e. The van der Waals surface area contributed by atoms with Crippen LogP contribution in [0.25, 0.3) is 0 Å². The van der Waals surface area contributed by atoms with Crippen molar-refractivity contribution in [1.82, 2.24) is 0 Å². The van der Waals surface area contributed by atoms with Crippen molar-refractivity contribution in [3.8, 4) is 0 Å². The van der Waals surface area contributed by atoms with E-state index < -0.39 is 67.3 Å². The minimum absolute atomic E-state index is 0.0613. The highest BCUT2D eigenvalue weighted by Gasteiger charge is 2.50. The van der Waals surface area contributed by atoms with Gasteiger partial charge in [-0.15, -0.1) is 0 Å². The van der Waals surface area contributed by atoms with Crippen molar-refractivity contribution in [2.75, 3.05) is 13.2 Å². The van der Waals surface area contributed by atoms with Crippen LogP contribution in [0.4, 0.5) is 0 Å². The third-order valence-corrected chi connectivity index (χ3v) is 11.6. The number of ether oxygens (including phenoxy) is 5. The van der Waals surface area contributed by atoms with Crippen molar-refractivity contribution in [2.24, 2.45) is 0 Å². The van der Waals surface area contributed by atoms with Crippen molar-refractivity contribution >= 4 is 23.9 Å². The van der Waals surface area contributed by atoms with E-state index in [4.69, 9.17) is 23.7 Å². The number of rotatable bonds is 43. The monoisotopic (exact) mass is 945 g/mol. The molecule has 0 aromatic rings. The van der Waals surface area contributed by atoms with Crippen LogP contribution in [0.5, 0.6) is 0 Å². The highest BCUT2D eigenvalue weighted by molar-refractivity contribution is 5.74. The van der Waals surface area contributed by atoms with Gasteiger partial charge in [0.15, 0.2) is 24.6 Å². The first-order chi connectivity index (χ1) is 32.6. The Hall–Kier alpha value is -3.58. The van der Waals surface area contributed by atoms with Gasteiger partial charge in [0.05, 0.1) is 6.61 Å². The predicted molar refractivity (Wildman–Crippen MR) is 266 cm³/mol. The molecule has 1 heterocycles. The molecule has 384 valence electrons. The summed E-state index contributed by atoms with van der Waals surface area (Å²) in [6.07, 6.45) is 39.4. The van der Waals surface area contributed by atoms with Gasteiger partial charge in [-0.05, 0) is 64.2 Å². The van der Waals surface area contributed by atoms with Crippen LogP contribution in [0.1, 0.15) is 213 Å². The summed E-state index contributed by atoms with van der Waals surface area (Å²) >= 11 is 0. The van der Waals surface area contributed by atoms with E-state index in [-0.39, 0.29) is 25.9 Å². The fourth-order valence-corrected chi connectivity index (χ4v) is 7.54. The van der Waals surface area contributed by atoms with Crippen molar-refractivity contribution < 1.29 is 58.2 Å². The number of hydrogen-bond donors (Lipinski definition) is 3. The Bertz CT molecular complexity index is 1400. The van der Waals surface area contributed by atoms with Crippen molar-refractivity contribution in [1.29, 1.82) is 0 Å². The molecule has 1 aliphatic rings. The summed E-state index contributed by atoms with van der Waals surface area (Å²) in [6.45, 7) is 5.77. The van der Waals surface area contributed by atoms with E-state index in [9.17, 15) is 34.5 Å². The van der Waals surface area contributed by atoms with Gasteiger partial charge < -0.3 is 39.0 Å². The van der Waals surface area contributed by atoms with Gasteiger partial charge in [0.25, 0.3) is 0 Å². The molecule has 6 atom stereocenters. The standard InChI is InChI=1S/C55H92O12/c1-4-7-10-13-16-19-22-24-27-29-32-35-38-41-47(56)63-44-46(65-48(57)42-39-36-33-30-26-21-18-15-12-9-6-3)45-64-55-53(51(60)50(59)52(67-55)54(61)62)66-49(58)43-40-37-34-31-28-25-23-20-17-14-11-8-5-2/h8,11,15,17-18,20,25,28,34,37,46,50-53,55,59-60H,4-7,9-10,12-14,16,19,21-24,26-27,29-33,35-36,38-45H2,1-3H3,(H,61,62)/b11-8-,18-15-,20-17-,28-25-,37-34-. The SMILES string of the molecule is CC/C=C\C/C=C\C/C=C\C/C=C\CCC(=O)OC1C(OCC(COC(=O)CCCCCCCCCCCCCCC)OC(=O)CCCCCCC/C=C\CCCC)OC(C(=O)O)C(O)C1O. The van der Waals surface area contributed by atoms with Crippen LogP contribution >= 0.6 is 0 Å². The molecule has 1 rings (SSSR count). The van der Waals surface area contributed by atoms with Gasteiger partial charge in [-0.2, -0.15) is 0 Å². The minimum Gasteiger partial charge on any atom is -0.479 e. The van der Waals surface area contributed by atoms with Crippen LogP contribution in [0.3, 0.4) is 0 Å². The number of aliphatic carboxylic acids is 1. The molecular weight excluding hydrogens is 853 g/mol. The average molecular weight is 945 g/mol. The summed E-state index contributed by atoms with van der Waals surface area (Å²) in [5, 5.41) is 31.3. The number of allylic oxidation sites excluding steroid dienone is 10. The van der Waals surface area contributed by atoms with Crippen molar-refractivity contribution in [2.45, 2.75) is 250 Å². The highest BCUT2D eigenvalue weighted by Crippen LogP contribution is 2.26. The molecule has 0 aromatic carbocycles. The molecule has 1 saturated heterocycles. The lowest BCUT2D eigenvalue weighted by Gasteiger charge is -2.40. The Morgan fingerprint density at radius 1 is 0.507 bits per heavy atom. The number of carbonyl (C=O) groups excluding carboxylic acids is 3. The molecule has 0 amide bonds. The van der Waals surface area contributed by atoms with E-state index in [0.29, 0.717) is 25.7 Å². The summed E-state index contributed by atoms with van der Waals surface area (Å²) in [5.41, 5.74) is 0. The molecule has 0 aromatic heterocycles. The third-order valence-electron chi connectivity index (χ3n) is 11.6. The normalized spacial score (nSPS) is 19.3. The quantitative estimate of drug-likeness (QED) is 0.0229. The van der Waals surface area contributed by atoms with Gasteiger partial charge in [-0.1, -0.05) is 191 Å². The maximum absolute atomic E-state index is 13.0. The topological polar surface area (TPSA) is 175 Å². The molecule has 0 aliphatic carbocycles. The van der Waals surface area contributed by atoms with Crippen LogP contribution in [-0.2, 0) is 42.9 Å². The Morgan fingerprint density at radius 3 is 1.54 bits per heavy atom. The minimum atomic E-state index is -1.92. The van der Waals surface area contributed by atoms with Crippen LogP contribution in [0.2, 0.25) is 0 Å². The van der Waals surface area contributed by atoms with E-state index in [2.05, 4.69) is 63.3 Å². The predicted octanol–water partition coefficient (Wildman–Crippen LogP) is 12.4. The molecule has 6 unspecified atom stereocenters. The second-order valence-electron chi connectivity index (χ2n) is 17.8. The molecule has 1 aliphatic heterocycles. The molecular formula is C55H92O12. The van der Waals surface area contributed by atoms with Gasteiger partial charge in [0.2, 0.25) is 0 Å². The summed E-state index contributed by atoms with van der Waals surface area (Å²) in [5.74, 6) is -3.24. The Morgan fingerprint density at radius 2 is 0.985 bits per heavy atom. The number of unbranched alkanes of at least 4 members (excludes halogenated alkanes) is 19. The molecule has 0 saturated carbocycles. The summed E-state index contributed by atoms with van der Waals surface area (Å²) in [4.78, 5) is 50.7. The first-order valence-electron chi connectivity index (χ1n) is 26.3. The molecule has 0 radical (unpaired) electrons. The van der Waals surface area contributed by atoms with Crippen LogP contribution < -0.4 is 0 Å². The van der Waals surface area contributed by atoms with Crippen LogP contribution in [0.15, 0.2) is 60.8 Å². The van der Waals surface area contributed by atoms with Gasteiger partial charge >= 0.3 is 23.9 Å². The lowest BCUT2D eigenvalue weighted by atomic mass is 9.98. The van der Waals surface area contributed by atoms with Gasteiger partial charge in [0.1, 0.15) is 18.8 Å². The summed E-state index contributed by atoms with van der Waals surface area (Å²) < 4.78 is 28.2. The molecule has 12 nitrogen and oxygen atoms in total. The second-order valence-corrected chi connectivity index (χ2v) is 17.8. The lowest BCUT2D eigenvalue weighted by Crippen LogP contribution is -2.61. The van der Waals surface area contributed by atoms with Crippen LogP contribution in [0, 0.1) is 0 Å². The van der Waals surface area contributed by atoms with Crippen molar-refractivity contribution in [3.63, 3.8) is 0 Å². The maximum Gasteiger partial charge on any atom is 0.335 e. The number of carboxylic acid groups (broad SMARTS) is 1. The van der Waals surface area contributed by atoms with Gasteiger partial charge in [-0.25, -0.2) is 4.79 Å². The summed E-state index contributed by atoms with van der Waals surface area (Å²) in [7, 11) is 0. The molecule has 3 N–H and O–H groups in total. The maximum atomic E-state index is 13.0. The summed E-state index contributed by atoms with van der Waals surface area (Å²) in [6, 6.07) is 0. The smallest absolute Gasteiger partial charge is 0.335 e. The zero-order valence-electron chi connectivity index (χ0n) is 41.9. The van der Waals surface area contributed by atoms with E-state index in [1.54, 1.807) is 0 Å². The molecule has 0 spiro atoms. The lowest BCUT2D eigenvalue weighted by molar-refractivity contribution is -0.301. The zero-order valence-corrected chi connectivity index (χ0v) is 41.9. The second kappa shape index (κ2) is 43.7. The van der Waals surface area contributed by atoms with E-state index >= 15 is 0 Å². The average Bonchev–Trinajstić information content (AvgIpc) is 3.31. The Labute approximate surface area is 405 Å².